The van der Waals surface area contributed by atoms with Gasteiger partial charge in [-0.2, -0.15) is 0 Å². The Kier molecular flexibility index (Phi) is 5.95. The van der Waals surface area contributed by atoms with Crippen LogP contribution in [0, 0.1) is 0 Å². The maximum Gasteiger partial charge on any atom is 0.321 e. The van der Waals surface area contributed by atoms with Gasteiger partial charge in [0.1, 0.15) is 11.5 Å². The number of methoxy groups -OCH3 is 2. The molecule has 0 unspecified atom stereocenters. The van der Waals surface area contributed by atoms with Gasteiger partial charge in [-0.3, -0.25) is 0 Å². The Hall–Kier alpha value is -1.43. The predicted octanol–water partition coefficient (Wildman–Crippen LogP) is 3.34. The molecule has 0 aliphatic heterocycles. The van der Waals surface area contributed by atoms with Crippen LogP contribution in [0.4, 0.5) is 10.5 Å². The summed E-state index contributed by atoms with van der Waals surface area (Å²) in [7, 11) is 3.13. The molecular weight excluding hydrogens is 312 g/mol. The minimum atomic E-state index is -0.152. The average molecular weight is 331 g/mol. The Bertz CT molecular complexity index is 448. The highest BCUT2D eigenvalue weighted by Gasteiger charge is 2.15. The number of carbonyl (C=O) groups excluding carboxylic acids is 1. The van der Waals surface area contributed by atoms with E-state index in [2.05, 4.69) is 21.2 Å². The van der Waals surface area contributed by atoms with Gasteiger partial charge >= 0.3 is 6.03 Å². The number of benzene rings is 1. The van der Waals surface area contributed by atoms with Gasteiger partial charge in [-0.25, -0.2) is 4.79 Å². The maximum absolute atomic E-state index is 12.0. The van der Waals surface area contributed by atoms with Crippen molar-refractivity contribution in [3.05, 3.63) is 16.6 Å². The van der Waals surface area contributed by atoms with Gasteiger partial charge in [-0.1, -0.05) is 0 Å². The number of hydrogen-bond donors (Lipinski definition) is 1. The van der Waals surface area contributed by atoms with Crippen LogP contribution in [-0.2, 0) is 0 Å². The Morgan fingerprint density at radius 2 is 1.79 bits per heavy atom. The van der Waals surface area contributed by atoms with Crippen LogP contribution in [0.3, 0.4) is 0 Å². The fourth-order valence-electron chi connectivity index (χ4n) is 1.66. The highest BCUT2D eigenvalue weighted by atomic mass is 79.9. The largest absolute Gasteiger partial charge is 0.495 e. The van der Waals surface area contributed by atoms with E-state index in [-0.39, 0.29) is 6.03 Å². The molecule has 0 aliphatic carbocycles. The van der Waals surface area contributed by atoms with Gasteiger partial charge in [-0.05, 0) is 35.8 Å². The van der Waals surface area contributed by atoms with Gasteiger partial charge in [0.2, 0.25) is 0 Å². The van der Waals surface area contributed by atoms with Crippen molar-refractivity contribution in [3.63, 3.8) is 0 Å². The first-order valence-corrected chi connectivity index (χ1v) is 6.84. The summed E-state index contributed by atoms with van der Waals surface area (Å²) in [4.78, 5) is 13.7. The van der Waals surface area contributed by atoms with E-state index in [1.165, 1.54) is 0 Å². The summed E-state index contributed by atoms with van der Waals surface area (Å²) in [6, 6.07) is 3.33. The van der Waals surface area contributed by atoms with Gasteiger partial charge in [-0.15, -0.1) is 0 Å². The number of hydrogen-bond acceptors (Lipinski definition) is 3. The molecule has 6 heteroatoms. The number of nitrogens with one attached hydrogen (secondary N) is 1. The lowest BCUT2D eigenvalue weighted by Gasteiger charge is -2.20. The van der Waals surface area contributed by atoms with Crippen LogP contribution in [0.1, 0.15) is 13.8 Å². The first-order valence-electron chi connectivity index (χ1n) is 6.04. The summed E-state index contributed by atoms with van der Waals surface area (Å²) < 4.78 is 11.2. The second kappa shape index (κ2) is 7.23. The molecule has 0 spiro atoms. The van der Waals surface area contributed by atoms with E-state index < -0.39 is 0 Å². The molecule has 0 saturated carbocycles. The lowest BCUT2D eigenvalue weighted by atomic mass is 10.2. The van der Waals surface area contributed by atoms with Crippen LogP contribution in [0.25, 0.3) is 0 Å². The molecular formula is C13H19BrN2O3. The van der Waals surface area contributed by atoms with E-state index in [9.17, 15) is 4.79 Å². The smallest absolute Gasteiger partial charge is 0.321 e. The molecule has 19 heavy (non-hydrogen) atoms. The van der Waals surface area contributed by atoms with E-state index in [0.717, 1.165) is 4.47 Å². The number of carbonyl (C=O) groups is 1. The van der Waals surface area contributed by atoms with Gasteiger partial charge < -0.3 is 19.7 Å². The zero-order chi connectivity index (χ0) is 14.4. The second-order valence-electron chi connectivity index (χ2n) is 3.79. The third-order valence-electron chi connectivity index (χ3n) is 2.77. The van der Waals surface area contributed by atoms with Crippen molar-refractivity contribution >= 4 is 27.6 Å². The van der Waals surface area contributed by atoms with Crippen LogP contribution in [-0.4, -0.2) is 38.2 Å². The highest BCUT2D eigenvalue weighted by Crippen LogP contribution is 2.36. The fraction of sp³-hybridized carbons (Fsp3) is 0.462. The topological polar surface area (TPSA) is 50.8 Å². The second-order valence-corrected chi connectivity index (χ2v) is 4.64. The molecule has 1 aromatic rings. The molecule has 0 fully saturated rings. The lowest BCUT2D eigenvalue weighted by molar-refractivity contribution is 0.217. The first kappa shape index (κ1) is 15.6. The molecule has 0 aliphatic rings. The molecule has 5 nitrogen and oxygen atoms in total. The lowest BCUT2D eigenvalue weighted by Crippen LogP contribution is -2.34. The number of rotatable bonds is 5. The van der Waals surface area contributed by atoms with E-state index in [1.807, 2.05) is 13.8 Å². The van der Waals surface area contributed by atoms with Crippen molar-refractivity contribution in [1.82, 2.24) is 4.90 Å². The molecule has 0 aromatic heterocycles. The molecule has 0 heterocycles. The standard InChI is InChI=1S/C13H19BrN2O3/c1-5-16(6-2)13(17)15-10-7-9(14)11(18-3)8-12(10)19-4/h7-8H,5-6H2,1-4H3,(H,15,17). The van der Waals surface area contributed by atoms with E-state index in [1.54, 1.807) is 31.3 Å². The number of nitrogens with zero attached hydrogens (tertiary/aromatic N) is 1. The van der Waals surface area contributed by atoms with Crippen molar-refractivity contribution in [2.45, 2.75) is 13.8 Å². The van der Waals surface area contributed by atoms with Gasteiger partial charge in [0, 0.05) is 19.2 Å². The first-order chi connectivity index (χ1) is 9.07. The van der Waals surface area contributed by atoms with Gasteiger partial charge in [0.05, 0.1) is 24.4 Å². The minimum absolute atomic E-state index is 0.152. The zero-order valence-electron chi connectivity index (χ0n) is 11.6. The number of urea groups is 1. The Labute approximate surface area is 122 Å². The molecule has 0 atom stereocenters. The summed E-state index contributed by atoms with van der Waals surface area (Å²) in [6.45, 7) is 5.18. The van der Waals surface area contributed by atoms with Crippen LogP contribution in [0.2, 0.25) is 0 Å². The molecule has 0 saturated heterocycles. The van der Waals surface area contributed by atoms with Crippen molar-refractivity contribution in [1.29, 1.82) is 0 Å². The maximum atomic E-state index is 12.0. The predicted molar refractivity (Wildman–Crippen MR) is 79.2 cm³/mol. The van der Waals surface area contributed by atoms with Crippen molar-refractivity contribution in [2.75, 3.05) is 32.6 Å². The van der Waals surface area contributed by atoms with E-state index in [4.69, 9.17) is 9.47 Å². The monoisotopic (exact) mass is 330 g/mol. The summed E-state index contributed by atoms with van der Waals surface area (Å²) in [5, 5.41) is 2.83. The SMILES string of the molecule is CCN(CC)C(=O)Nc1cc(Br)c(OC)cc1OC. The molecule has 2 amide bonds. The number of halogens is 1. The van der Waals surface area contributed by atoms with Crippen molar-refractivity contribution in [3.8, 4) is 11.5 Å². The number of anilines is 1. The third kappa shape index (κ3) is 3.76. The molecule has 106 valence electrons. The molecule has 0 bridgehead atoms. The summed E-state index contributed by atoms with van der Waals surface area (Å²) in [6.07, 6.45) is 0. The Morgan fingerprint density at radius 3 is 2.26 bits per heavy atom. The zero-order valence-corrected chi connectivity index (χ0v) is 13.2. The van der Waals surface area contributed by atoms with E-state index >= 15 is 0 Å². The number of ether oxygens (including phenoxy) is 2. The molecule has 0 radical (unpaired) electrons. The quantitative estimate of drug-likeness (QED) is 0.900. The van der Waals surface area contributed by atoms with Crippen LogP contribution in [0.15, 0.2) is 16.6 Å². The summed E-state index contributed by atoms with van der Waals surface area (Å²) >= 11 is 3.39. The third-order valence-corrected chi connectivity index (χ3v) is 3.39. The molecule has 1 rings (SSSR count). The molecule has 1 N–H and O–H groups in total. The van der Waals surface area contributed by atoms with Gasteiger partial charge in [0.15, 0.2) is 0 Å². The Balaban J connectivity index is 3.00. The van der Waals surface area contributed by atoms with Crippen LogP contribution < -0.4 is 14.8 Å². The Morgan fingerprint density at radius 1 is 1.21 bits per heavy atom. The van der Waals surface area contributed by atoms with Crippen LogP contribution >= 0.6 is 15.9 Å². The van der Waals surface area contributed by atoms with Crippen LogP contribution in [0.5, 0.6) is 11.5 Å². The summed E-state index contributed by atoms with van der Waals surface area (Å²) in [5.74, 6) is 1.21. The van der Waals surface area contributed by atoms with E-state index in [0.29, 0.717) is 30.3 Å². The fourth-order valence-corrected chi connectivity index (χ4v) is 2.17. The van der Waals surface area contributed by atoms with Crippen molar-refractivity contribution in [2.24, 2.45) is 0 Å². The normalized spacial score (nSPS) is 9.95. The number of amides is 2. The van der Waals surface area contributed by atoms with Gasteiger partial charge in [0.25, 0.3) is 0 Å². The highest BCUT2D eigenvalue weighted by molar-refractivity contribution is 9.10. The minimum Gasteiger partial charge on any atom is -0.495 e. The summed E-state index contributed by atoms with van der Waals surface area (Å²) in [5.41, 5.74) is 0.604. The van der Waals surface area contributed by atoms with Crippen molar-refractivity contribution < 1.29 is 14.3 Å². The molecule has 1 aromatic carbocycles. The average Bonchev–Trinajstić information content (AvgIpc) is 2.40.